The predicted octanol–water partition coefficient (Wildman–Crippen LogP) is 4.15. The molecule has 0 aliphatic carbocycles. The van der Waals surface area contributed by atoms with Gasteiger partial charge < -0.3 is 0 Å². The van der Waals surface area contributed by atoms with Gasteiger partial charge in [0.05, 0.1) is 0 Å². The Morgan fingerprint density at radius 1 is 0.875 bits per heavy atom. The van der Waals surface area contributed by atoms with Crippen LogP contribution in [0.1, 0.15) is 37.5 Å². The number of aryl methyl sites for hydroxylation is 3. The molecule has 0 atom stereocenters. The summed E-state index contributed by atoms with van der Waals surface area (Å²) in [4.78, 5) is 10.2. The van der Waals surface area contributed by atoms with E-state index >= 15 is 0 Å². The first-order valence-corrected chi connectivity index (χ1v) is 5.51. The van der Waals surface area contributed by atoms with Crippen molar-refractivity contribution in [1.82, 2.24) is 0 Å². The highest BCUT2D eigenvalue weighted by atomic mass is 16.1. The highest BCUT2D eigenvalue weighted by Gasteiger charge is 1.87. The number of carbonyl (C=O) groups is 1. The smallest absolute Gasteiger partial charge is 0.152 e. The Morgan fingerprint density at radius 2 is 1.19 bits per heavy atom. The van der Waals surface area contributed by atoms with E-state index in [1.54, 1.807) is 13.0 Å². The largest absolute Gasteiger partial charge is 0.295 e. The monoisotopic (exact) mass is 218 g/mol. The lowest BCUT2D eigenvalue weighted by molar-refractivity contribution is -0.112. The predicted molar refractivity (Wildman–Crippen MR) is 70.8 cm³/mol. The van der Waals surface area contributed by atoms with E-state index in [2.05, 4.69) is 39.0 Å². The summed E-state index contributed by atoms with van der Waals surface area (Å²) in [6, 6.07) is 6.56. The van der Waals surface area contributed by atoms with Crippen LogP contribution < -0.4 is 0 Å². The van der Waals surface area contributed by atoms with Crippen LogP contribution in [0, 0.1) is 20.8 Å². The fraction of sp³-hybridized carbons (Fsp3) is 0.400. The van der Waals surface area contributed by atoms with Crippen LogP contribution in [0.2, 0.25) is 0 Å². The molecule has 0 amide bonds. The summed E-state index contributed by atoms with van der Waals surface area (Å²) in [7, 11) is 0. The molecule has 0 radical (unpaired) electrons. The molecule has 0 bridgehead atoms. The molecule has 0 aliphatic rings. The second-order valence-electron chi connectivity index (χ2n) is 4.50. The van der Waals surface area contributed by atoms with E-state index in [4.69, 9.17) is 0 Å². The minimum atomic E-state index is 0.125. The number of carbonyl (C=O) groups excluding carboxylic acids is 1. The van der Waals surface area contributed by atoms with E-state index in [0.29, 0.717) is 0 Å². The maximum absolute atomic E-state index is 10.2. The van der Waals surface area contributed by atoms with Gasteiger partial charge in [-0.3, -0.25) is 4.79 Å². The van der Waals surface area contributed by atoms with E-state index in [1.165, 1.54) is 16.7 Å². The second-order valence-corrected chi connectivity index (χ2v) is 4.50. The number of hydrogen-bond acceptors (Lipinski definition) is 1. The first kappa shape index (κ1) is 14.6. The van der Waals surface area contributed by atoms with Gasteiger partial charge in [-0.2, -0.15) is 0 Å². The molecule has 0 fully saturated rings. The van der Waals surface area contributed by atoms with Gasteiger partial charge in [0.15, 0.2) is 5.78 Å². The Balaban J connectivity index is 0.000000293. The summed E-state index contributed by atoms with van der Waals surface area (Å²) in [6.07, 6.45) is 1.61. The Hall–Kier alpha value is -1.37. The third kappa shape index (κ3) is 7.98. The average molecular weight is 218 g/mol. The fourth-order valence-electron chi connectivity index (χ4n) is 1.61. The topological polar surface area (TPSA) is 17.1 Å². The average Bonchev–Trinajstić information content (AvgIpc) is 1.97. The van der Waals surface area contributed by atoms with Gasteiger partial charge >= 0.3 is 0 Å². The molecule has 88 valence electrons. The van der Waals surface area contributed by atoms with Crippen molar-refractivity contribution in [1.29, 1.82) is 0 Å². The first-order chi connectivity index (χ1) is 7.31. The Morgan fingerprint density at radius 3 is 1.31 bits per heavy atom. The molecule has 0 unspecified atom stereocenters. The zero-order valence-corrected chi connectivity index (χ0v) is 11.2. The van der Waals surface area contributed by atoms with Crippen molar-refractivity contribution in [2.24, 2.45) is 0 Å². The number of hydrogen-bond donors (Lipinski definition) is 0. The summed E-state index contributed by atoms with van der Waals surface area (Å²) in [5.74, 6) is 0.125. The van der Waals surface area contributed by atoms with Gasteiger partial charge in [0, 0.05) is 0 Å². The molecule has 0 heterocycles. The van der Waals surface area contributed by atoms with Gasteiger partial charge in [-0.05, 0) is 47.6 Å². The molecule has 1 aromatic rings. The SMILES string of the molecule is CC(=O)C=C(C)C.Cc1cc(C)cc(C)c1. The Kier molecular flexibility index (Phi) is 6.40. The van der Waals surface area contributed by atoms with Crippen molar-refractivity contribution in [3.63, 3.8) is 0 Å². The van der Waals surface area contributed by atoms with Crippen molar-refractivity contribution >= 4 is 5.78 Å². The van der Waals surface area contributed by atoms with Crippen molar-refractivity contribution < 1.29 is 4.79 Å². The third-order valence-electron chi connectivity index (χ3n) is 1.86. The lowest BCUT2D eigenvalue weighted by atomic mass is 10.1. The molecule has 0 saturated heterocycles. The summed E-state index contributed by atoms with van der Waals surface area (Å²) < 4.78 is 0. The van der Waals surface area contributed by atoms with Gasteiger partial charge in [0.2, 0.25) is 0 Å². The maximum Gasteiger partial charge on any atom is 0.152 e. The molecule has 1 rings (SSSR count). The highest BCUT2D eigenvalue weighted by molar-refractivity contribution is 5.87. The van der Waals surface area contributed by atoms with Crippen molar-refractivity contribution in [2.45, 2.75) is 41.5 Å². The number of allylic oxidation sites excluding steroid dienone is 2. The minimum absolute atomic E-state index is 0.125. The van der Waals surface area contributed by atoms with Gasteiger partial charge in [-0.25, -0.2) is 0 Å². The van der Waals surface area contributed by atoms with Crippen LogP contribution in [0.15, 0.2) is 29.8 Å². The molecule has 1 heteroatoms. The van der Waals surface area contributed by atoms with Crippen molar-refractivity contribution in [2.75, 3.05) is 0 Å². The summed E-state index contributed by atoms with van der Waals surface area (Å²) in [5, 5.41) is 0. The second kappa shape index (κ2) is 7.00. The van der Waals surface area contributed by atoms with E-state index < -0.39 is 0 Å². The van der Waals surface area contributed by atoms with Crippen LogP contribution in [0.3, 0.4) is 0 Å². The summed E-state index contributed by atoms with van der Waals surface area (Å²) in [5.41, 5.74) is 5.13. The standard InChI is InChI=1S/C9H12.C6H10O/c1-7-4-8(2)6-9(3)5-7;1-5(2)4-6(3)7/h4-6H,1-3H3;4H,1-3H3. The molecular weight excluding hydrogens is 196 g/mol. The van der Waals surface area contributed by atoms with Crippen LogP contribution in [-0.4, -0.2) is 5.78 Å². The van der Waals surface area contributed by atoms with Crippen LogP contribution >= 0.6 is 0 Å². The Bertz CT molecular complexity index is 332. The zero-order chi connectivity index (χ0) is 12.7. The van der Waals surface area contributed by atoms with Crippen LogP contribution in [-0.2, 0) is 4.79 Å². The summed E-state index contributed by atoms with van der Waals surface area (Å²) >= 11 is 0. The zero-order valence-electron chi connectivity index (χ0n) is 11.2. The minimum Gasteiger partial charge on any atom is -0.295 e. The quantitative estimate of drug-likeness (QED) is 0.647. The molecular formula is C15H22O. The van der Waals surface area contributed by atoms with E-state index in [1.807, 2.05) is 13.8 Å². The highest BCUT2D eigenvalue weighted by Crippen LogP contribution is 2.06. The molecule has 16 heavy (non-hydrogen) atoms. The fourth-order valence-corrected chi connectivity index (χ4v) is 1.61. The molecule has 0 aliphatic heterocycles. The third-order valence-corrected chi connectivity index (χ3v) is 1.86. The van der Waals surface area contributed by atoms with E-state index in [9.17, 15) is 4.79 Å². The van der Waals surface area contributed by atoms with Gasteiger partial charge in [0.1, 0.15) is 0 Å². The normalized spacial score (nSPS) is 8.88. The number of rotatable bonds is 1. The number of benzene rings is 1. The molecule has 0 N–H and O–H groups in total. The van der Waals surface area contributed by atoms with Gasteiger partial charge in [0.25, 0.3) is 0 Å². The van der Waals surface area contributed by atoms with Crippen LogP contribution in [0.4, 0.5) is 0 Å². The lowest BCUT2D eigenvalue weighted by Crippen LogP contribution is -1.80. The van der Waals surface area contributed by atoms with Crippen molar-refractivity contribution in [3.05, 3.63) is 46.5 Å². The van der Waals surface area contributed by atoms with E-state index in [-0.39, 0.29) is 5.78 Å². The van der Waals surface area contributed by atoms with Crippen LogP contribution in [0.5, 0.6) is 0 Å². The van der Waals surface area contributed by atoms with Gasteiger partial charge in [-0.15, -0.1) is 0 Å². The Labute approximate surface area is 99.2 Å². The molecule has 1 nitrogen and oxygen atoms in total. The van der Waals surface area contributed by atoms with E-state index in [0.717, 1.165) is 5.57 Å². The van der Waals surface area contributed by atoms with Gasteiger partial charge in [-0.1, -0.05) is 40.5 Å². The molecule has 0 saturated carbocycles. The van der Waals surface area contributed by atoms with Crippen LogP contribution in [0.25, 0.3) is 0 Å². The van der Waals surface area contributed by atoms with Crippen molar-refractivity contribution in [3.8, 4) is 0 Å². The molecule has 0 spiro atoms. The first-order valence-electron chi connectivity index (χ1n) is 5.51. The molecule has 1 aromatic carbocycles. The summed E-state index contributed by atoms with van der Waals surface area (Å²) in [6.45, 7) is 11.7. The molecule has 0 aromatic heterocycles. The lowest BCUT2D eigenvalue weighted by Gasteiger charge is -1.96. The number of ketones is 1. The maximum atomic E-state index is 10.2.